The summed E-state index contributed by atoms with van der Waals surface area (Å²) in [7, 11) is 0.661. The number of amides is 3. The second-order valence-corrected chi connectivity index (χ2v) is 4.10. The molecule has 0 aromatic rings. The lowest BCUT2D eigenvalue weighted by Crippen LogP contribution is -2.34. The van der Waals surface area contributed by atoms with Crippen molar-refractivity contribution in [2.45, 2.75) is 6.42 Å². The Balaban J connectivity index is 2.28. The maximum absolute atomic E-state index is 11.2. The van der Waals surface area contributed by atoms with Crippen LogP contribution >= 0.6 is 8.58 Å². The number of imide groups is 1. The standard InChI is InChI=1S/C9H13N2O3P/c1-15-6-10-7(12)4-5-11-8(13)2-3-9(11)14/h2-3,15H,4-6H2,1H3,(H,10,12). The van der Waals surface area contributed by atoms with Crippen molar-refractivity contribution in [2.75, 3.05) is 19.5 Å². The molecule has 0 spiro atoms. The topological polar surface area (TPSA) is 66.5 Å². The van der Waals surface area contributed by atoms with Gasteiger partial charge in [-0.05, 0) is 6.66 Å². The average molecular weight is 228 g/mol. The summed E-state index contributed by atoms with van der Waals surface area (Å²) in [5, 5.41) is 2.69. The Morgan fingerprint density at radius 1 is 1.40 bits per heavy atom. The molecule has 1 heterocycles. The highest BCUT2D eigenvalue weighted by Crippen LogP contribution is 2.04. The average Bonchev–Trinajstić information content (AvgIpc) is 2.53. The SMILES string of the molecule is CPCNC(=O)CCN1C(=O)C=CC1=O. The first-order chi connectivity index (χ1) is 7.15. The van der Waals surface area contributed by atoms with E-state index in [1.54, 1.807) is 0 Å². The van der Waals surface area contributed by atoms with Crippen LogP contribution in [0.3, 0.4) is 0 Å². The van der Waals surface area contributed by atoms with E-state index >= 15 is 0 Å². The third kappa shape index (κ3) is 3.44. The smallest absolute Gasteiger partial charge is 0.253 e. The molecule has 0 aliphatic carbocycles. The van der Waals surface area contributed by atoms with Crippen molar-refractivity contribution < 1.29 is 14.4 Å². The molecular weight excluding hydrogens is 215 g/mol. The van der Waals surface area contributed by atoms with Gasteiger partial charge in [0, 0.05) is 31.4 Å². The molecule has 0 aromatic carbocycles. The fourth-order valence-corrected chi connectivity index (χ4v) is 1.51. The highest BCUT2D eigenvalue weighted by molar-refractivity contribution is 7.36. The van der Waals surface area contributed by atoms with E-state index in [1.807, 2.05) is 6.66 Å². The van der Waals surface area contributed by atoms with E-state index in [4.69, 9.17) is 0 Å². The molecule has 3 amide bonds. The number of hydrogen-bond donors (Lipinski definition) is 1. The van der Waals surface area contributed by atoms with E-state index in [0.717, 1.165) is 4.90 Å². The van der Waals surface area contributed by atoms with Gasteiger partial charge in [0.15, 0.2) is 0 Å². The van der Waals surface area contributed by atoms with Crippen LogP contribution in [0.1, 0.15) is 6.42 Å². The molecule has 0 saturated carbocycles. The highest BCUT2D eigenvalue weighted by Gasteiger charge is 2.23. The predicted octanol–water partition coefficient (Wildman–Crippen LogP) is -0.317. The zero-order valence-electron chi connectivity index (χ0n) is 8.45. The maximum atomic E-state index is 11.2. The van der Waals surface area contributed by atoms with E-state index in [-0.39, 0.29) is 30.7 Å². The van der Waals surface area contributed by atoms with Crippen LogP contribution in [0.15, 0.2) is 12.2 Å². The van der Waals surface area contributed by atoms with Gasteiger partial charge in [0.05, 0.1) is 0 Å². The molecule has 1 aliphatic heterocycles. The van der Waals surface area contributed by atoms with Crippen LogP contribution < -0.4 is 5.32 Å². The van der Waals surface area contributed by atoms with Gasteiger partial charge in [0.2, 0.25) is 5.91 Å². The number of hydrogen-bond acceptors (Lipinski definition) is 3. The van der Waals surface area contributed by atoms with Crippen LogP contribution in [0.4, 0.5) is 0 Å². The van der Waals surface area contributed by atoms with Crippen LogP contribution in [0.25, 0.3) is 0 Å². The summed E-state index contributed by atoms with van der Waals surface area (Å²) in [4.78, 5) is 34.5. The quantitative estimate of drug-likeness (QED) is 0.518. The summed E-state index contributed by atoms with van der Waals surface area (Å²) >= 11 is 0. The molecule has 1 N–H and O–H groups in total. The number of nitrogens with one attached hydrogen (secondary N) is 1. The summed E-state index contributed by atoms with van der Waals surface area (Å²) in [5.74, 6) is -0.813. The molecule has 0 fully saturated rings. The predicted molar refractivity (Wildman–Crippen MR) is 57.7 cm³/mol. The molecule has 6 heteroatoms. The van der Waals surface area contributed by atoms with E-state index in [9.17, 15) is 14.4 Å². The van der Waals surface area contributed by atoms with Crippen LogP contribution in [0.5, 0.6) is 0 Å². The third-order valence-corrected chi connectivity index (χ3v) is 2.46. The zero-order valence-corrected chi connectivity index (χ0v) is 9.45. The number of carbonyl (C=O) groups excluding carboxylic acids is 3. The monoisotopic (exact) mass is 228 g/mol. The lowest BCUT2D eigenvalue weighted by molar-refractivity contribution is -0.137. The molecule has 15 heavy (non-hydrogen) atoms. The lowest BCUT2D eigenvalue weighted by atomic mass is 10.3. The van der Waals surface area contributed by atoms with Crippen LogP contribution in [0.2, 0.25) is 0 Å². The van der Waals surface area contributed by atoms with Gasteiger partial charge < -0.3 is 5.32 Å². The zero-order chi connectivity index (χ0) is 11.3. The normalized spacial score (nSPS) is 15.7. The molecule has 1 unspecified atom stereocenters. The Bertz CT molecular complexity index is 296. The van der Waals surface area contributed by atoms with Crippen molar-refractivity contribution in [1.82, 2.24) is 10.2 Å². The lowest BCUT2D eigenvalue weighted by Gasteiger charge is -2.12. The number of nitrogens with zero attached hydrogens (tertiary/aromatic N) is 1. The summed E-state index contributed by atoms with van der Waals surface area (Å²) in [6.45, 7) is 2.14. The van der Waals surface area contributed by atoms with Gasteiger partial charge in [-0.3, -0.25) is 19.3 Å². The van der Waals surface area contributed by atoms with E-state index in [1.165, 1.54) is 12.2 Å². The summed E-state index contributed by atoms with van der Waals surface area (Å²) in [6.07, 6.45) is 3.25. The van der Waals surface area contributed by atoms with Crippen molar-refractivity contribution in [3.63, 3.8) is 0 Å². The minimum absolute atomic E-state index is 0.128. The molecule has 1 rings (SSSR count). The number of rotatable bonds is 5. The maximum Gasteiger partial charge on any atom is 0.253 e. The Morgan fingerprint density at radius 3 is 2.53 bits per heavy atom. The highest BCUT2D eigenvalue weighted by atomic mass is 31.1. The first kappa shape index (κ1) is 11.9. The van der Waals surface area contributed by atoms with Crippen molar-refractivity contribution in [3.05, 3.63) is 12.2 Å². The Morgan fingerprint density at radius 2 is 2.00 bits per heavy atom. The first-order valence-electron chi connectivity index (χ1n) is 4.60. The first-order valence-corrected chi connectivity index (χ1v) is 6.30. The summed E-state index contributed by atoms with van der Waals surface area (Å²) in [6, 6.07) is 0. The van der Waals surface area contributed by atoms with Crippen LogP contribution in [0, 0.1) is 0 Å². The molecule has 0 saturated heterocycles. The fraction of sp³-hybridized carbons (Fsp3) is 0.444. The minimum Gasteiger partial charge on any atom is -0.352 e. The van der Waals surface area contributed by atoms with E-state index in [2.05, 4.69) is 5.32 Å². The van der Waals surface area contributed by atoms with Gasteiger partial charge in [0.25, 0.3) is 11.8 Å². The Hall–Kier alpha value is -1.22. The fourth-order valence-electron chi connectivity index (χ4n) is 1.14. The van der Waals surface area contributed by atoms with Gasteiger partial charge >= 0.3 is 0 Å². The van der Waals surface area contributed by atoms with Crippen LogP contribution in [-0.2, 0) is 14.4 Å². The van der Waals surface area contributed by atoms with Gasteiger partial charge in [0.1, 0.15) is 0 Å². The molecule has 1 aliphatic rings. The summed E-state index contributed by atoms with van der Waals surface area (Å²) < 4.78 is 0. The van der Waals surface area contributed by atoms with Gasteiger partial charge in [-0.15, -0.1) is 8.58 Å². The third-order valence-electron chi connectivity index (χ3n) is 1.93. The van der Waals surface area contributed by atoms with E-state index in [0.29, 0.717) is 14.9 Å². The van der Waals surface area contributed by atoms with E-state index < -0.39 is 0 Å². The van der Waals surface area contributed by atoms with Gasteiger partial charge in [-0.25, -0.2) is 0 Å². The summed E-state index contributed by atoms with van der Waals surface area (Å²) in [5.41, 5.74) is 0. The molecule has 0 bridgehead atoms. The van der Waals surface area contributed by atoms with Crippen molar-refractivity contribution >= 4 is 26.3 Å². The number of carbonyl (C=O) groups is 3. The Kier molecular flexibility index (Phi) is 4.43. The molecule has 1 atom stereocenters. The van der Waals surface area contributed by atoms with Crippen LogP contribution in [-0.4, -0.2) is 42.1 Å². The molecule has 0 radical (unpaired) electrons. The Labute approximate surface area is 89.7 Å². The second-order valence-electron chi connectivity index (χ2n) is 3.04. The second kappa shape index (κ2) is 5.61. The van der Waals surface area contributed by atoms with Gasteiger partial charge in [-0.1, -0.05) is 0 Å². The van der Waals surface area contributed by atoms with Crippen molar-refractivity contribution in [1.29, 1.82) is 0 Å². The molecule has 5 nitrogen and oxygen atoms in total. The minimum atomic E-state index is -0.342. The molecule has 0 aromatic heterocycles. The van der Waals surface area contributed by atoms with Crippen molar-refractivity contribution in [2.24, 2.45) is 0 Å². The molecule has 82 valence electrons. The largest absolute Gasteiger partial charge is 0.352 e. The van der Waals surface area contributed by atoms with Crippen molar-refractivity contribution in [3.8, 4) is 0 Å². The van der Waals surface area contributed by atoms with Gasteiger partial charge in [-0.2, -0.15) is 0 Å². The molecular formula is C9H13N2O3P.